The van der Waals surface area contributed by atoms with E-state index in [1.807, 2.05) is 58.0 Å². The summed E-state index contributed by atoms with van der Waals surface area (Å²) >= 11 is 0. The van der Waals surface area contributed by atoms with Gasteiger partial charge in [-0.15, -0.1) is 24.0 Å². The molecular weight excluding hydrogens is 469 g/mol. The zero-order valence-electron chi connectivity index (χ0n) is 17.6. The van der Waals surface area contributed by atoms with Crippen LogP contribution in [0.3, 0.4) is 0 Å². The number of piperazine rings is 1. The van der Waals surface area contributed by atoms with Crippen LogP contribution in [0, 0.1) is 0 Å². The fourth-order valence-electron chi connectivity index (χ4n) is 2.97. The van der Waals surface area contributed by atoms with Gasteiger partial charge >= 0.3 is 6.09 Å². The smallest absolute Gasteiger partial charge is 0.410 e. The average molecular weight is 503 g/mol. The first-order valence-corrected chi connectivity index (χ1v) is 9.41. The van der Waals surface area contributed by atoms with Crippen molar-refractivity contribution >= 4 is 36.0 Å². The van der Waals surface area contributed by atoms with E-state index in [-0.39, 0.29) is 36.1 Å². The van der Waals surface area contributed by atoms with Gasteiger partial charge in [0.15, 0.2) is 5.96 Å². The number of likely N-dealkylation sites (N-methyl/N-ethyl adjacent to an activating group) is 1. The van der Waals surface area contributed by atoms with Crippen molar-refractivity contribution < 1.29 is 9.53 Å². The summed E-state index contributed by atoms with van der Waals surface area (Å²) in [5.41, 5.74) is 6.96. The van der Waals surface area contributed by atoms with Crippen LogP contribution in [0.15, 0.2) is 35.3 Å². The molecule has 1 atom stereocenters. The van der Waals surface area contributed by atoms with Crippen LogP contribution in [0.2, 0.25) is 0 Å². The highest BCUT2D eigenvalue weighted by molar-refractivity contribution is 14.0. The molecule has 0 spiro atoms. The molecule has 158 valence electrons. The Morgan fingerprint density at radius 2 is 1.68 bits per heavy atom. The molecule has 1 aliphatic heterocycles. The molecule has 1 unspecified atom stereocenters. The number of carbonyl (C=O) groups excluding carboxylic acids is 1. The lowest BCUT2D eigenvalue weighted by Crippen LogP contribution is -2.53. The average Bonchev–Trinajstić information content (AvgIpc) is 2.61. The van der Waals surface area contributed by atoms with Gasteiger partial charge in [-0.05, 0) is 40.4 Å². The van der Waals surface area contributed by atoms with Crippen LogP contribution in [0.4, 0.5) is 4.79 Å². The molecule has 0 aliphatic carbocycles. The second-order valence-corrected chi connectivity index (χ2v) is 8.04. The zero-order valence-corrected chi connectivity index (χ0v) is 19.9. The van der Waals surface area contributed by atoms with Crippen molar-refractivity contribution in [1.82, 2.24) is 14.7 Å². The Bertz CT molecular complexity index is 638. The highest BCUT2D eigenvalue weighted by Gasteiger charge is 2.26. The van der Waals surface area contributed by atoms with Crippen LogP contribution in [0.1, 0.15) is 32.4 Å². The predicted octanol–water partition coefficient (Wildman–Crippen LogP) is 2.77. The summed E-state index contributed by atoms with van der Waals surface area (Å²) in [6.45, 7) is 8.70. The first-order valence-electron chi connectivity index (χ1n) is 9.41. The van der Waals surface area contributed by atoms with E-state index in [2.05, 4.69) is 22.0 Å². The van der Waals surface area contributed by atoms with Crippen LogP contribution in [0.5, 0.6) is 0 Å². The number of guanidine groups is 1. The van der Waals surface area contributed by atoms with Crippen LogP contribution in [-0.2, 0) is 4.74 Å². The van der Waals surface area contributed by atoms with Crippen molar-refractivity contribution in [3.05, 3.63) is 35.9 Å². The largest absolute Gasteiger partial charge is 0.444 e. The maximum absolute atomic E-state index is 12.2. The maximum Gasteiger partial charge on any atom is 0.410 e. The number of nitrogens with two attached hydrogens (primary N) is 1. The lowest BCUT2D eigenvalue weighted by Gasteiger charge is -2.36. The number of ether oxygens (including phenoxy) is 1. The molecule has 2 N–H and O–H groups in total. The number of hydrogen-bond acceptors (Lipinski definition) is 4. The van der Waals surface area contributed by atoms with Crippen LogP contribution >= 0.6 is 24.0 Å². The Hall–Kier alpha value is -1.55. The summed E-state index contributed by atoms with van der Waals surface area (Å²) < 4.78 is 5.43. The standard InChI is InChI=1S/C20H33N5O2.HI/c1-20(2,3)27-19(26)25-13-11-24(12-14-25)18(21)22-15-17(23(4)5)16-9-7-6-8-10-16;/h6-10,17H,11-15H2,1-5H3,(H2,21,22);1H. The van der Waals surface area contributed by atoms with Crippen molar-refractivity contribution in [3.63, 3.8) is 0 Å². The third kappa shape index (κ3) is 7.46. The minimum atomic E-state index is -0.479. The lowest BCUT2D eigenvalue weighted by atomic mass is 10.1. The predicted molar refractivity (Wildman–Crippen MR) is 124 cm³/mol. The number of hydrogen-bond donors (Lipinski definition) is 1. The second kappa shape index (κ2) is 10.8. The van der Waals surface area contributed by atoms with Gasteiger partial charge in [-0.2, -0.15) is 0 Å². The van der Waals surface area contributed by atoms with Gasteiger partial charge in [0, 0.05) is 26.2 Å². The third-order valence-electron chi connectivity index (χ3n) is 4.49. The molecule has 0 saturated carbocycles. The number of nitrogens with zero attached hydrogens (tertiary/aromatic N) is 4. The highest BCUT2D eigenvalue weighted by atomic mass is 127. The van der Waals surface area contributed by atoms with E-state index in [4.69, 9.17) is 10.5 Å². The molecule has 28 heavy (non-hydrogen) atoms. The van der Waals surface area contributed by atoms with E-state index in [9.17, 15) is 4.79 Å². The minimum Gasteiger partial charge on any atom is -0.444 e. The SMILES string of the molecule is CN(C)C(CN=C(N)N1CCN(C(=O)OC(C)(C)C)CC1)c1ccccc1.I. The van der Waals surface area contributed by atoms with Crippen LogP contribution in [-0.4, -0.2) is 79.2 Å². The molecule has 1 aromatic rings. The third-order valence-corrected chi connectivity index (χ3v) is 4.49. The summed E-state index contributed by atoms with van der Waals surface area (Å²) in [5, 5.41) is 0. The molecule has 1 amide bonds. The normalized spacial score (nSPS) is 16.6. The van der Waals surface area contributed by atoms with Gasteiger partial charge in [0.2, 0.25) is 0 Å². The van der Waals surface area contributed by atoms with E-state index in [0.717, 1.165) is 0 Å². The van der Waals surface area contributed by atoms with E-state index in [1.165, 1.54) is 5.56 Å². The second-order valence-electron chi connectivity index (χ2n) is 8.04. The molecular formula is C20H34IN5O2. The van der Waals surface area contributed by atoms with Gasteiger partial charge in [0.1, 0.15) is 5.60 Å². The zero-order chi connectivity index (χ0) is 20.0. The molecule has 1 aromatic carbocycles. The van der Waals surface area contributed by atoms with Gasteiger partial charge in [0.05, 0.1) is 12.6 Å². The number of amides is 1. The van der Waals surface area contributed by atoms with E-state index in [1.54, 1.807) is 4.90 Å². The topological polar surface area (TPSA) is 74.4 Å². The van der Waals surface area contributed by atoms with Gasteiger partial charge < -0.3 is 25.2 Å². The van der Waals surface area contributed by atoms with Crippen molar-refractivity contribution in [1.29, 1.82) is 0 Å². The Morgan fingerprint density at radius 3 is 2.18 bits per heavy atom. The molecule has 1 heterocycles. The molecule has 7 nitrogen and oxygen atoms in total. The van der Waals surface area contributed by atoms with Gasteiger partial charge in [-0.25, -0.2) is 4.79 Å². The Labute approximate surface area is 185 Å². The van der Waals surface area contributed by atoms with Crippen LogP contribution < -0.4 is 5.73 Å². The van der Waals surface area contributed by atoms with Crippen molar-refractivity contribution in [2.75, 3.05) is 46.8 Å². The molecule has 2 rings (SSSR count). The minimum absolute atomic E-state index is 0. The monoisotopic (exact) mass is 503 g/mol. The van der Waals surface area contributed by atoms with E-state index in [0.29, 0.717) is 38.7 Å². The van der Waals surface area contributed by atoms with Crippen molar-refractivity contribution in [3.8, 4) is 0 Å². The first kappa shape index (κ1) is 24.5. The summed E-state index contributed by atoms with van der Waals surface area (Å²) in [4.78, 5) is 22.7. The van der Waals surface area contributed by atoms with Crippen LogP contribution in [0.25, 0.3) is 0 Å². The van der Waals surface area contributed by atoms with Crippen molar-refractivity contribution in [2.24, 2.45) is 10.7 Å². The molecule has 0 aromatic heterocycles. The number of aliphatic imine (C=N–C) groups is 1. The Kier molecular flexibility index (Phi) is 9.49. The molecule has 1 fully saturated rings. The fourth-order valence-corrected chi connectivity index (χ4v) is 2.97. The fraction of sp³-hybridized carbons (Fsp3) is 0.600. The Balaban J connectivity index is 0.00000392. The van der Waals surface area contributed by atoms with Gasteiger partial charge in [-0.1, -0.05) is 30.3 Å². The van der Waals surface area contributed by atoms with Gasteiger partial charge in [0.25, 0.3) is 0 Å². The Morgan fingerprint density at radius 1 is 1.14 bits per heavy atom. The summed E-state index contributed by atoms with van der Waals surface area (Å²) in [7, 11) is 4.09. The molecule has 8 heteroatoms. The first-order chi connectivity index (χ1) is 12.7. The summed E-state index contributed by atoms with van der Waals surface area (Å²) in [5.74, 6) is 0.529. The van der Waals surface area contributed by atoms with E-state index >= 15 is 0 Å². The molecule has 1 saturated heterocycles. The maximum atomic E-state index is 12.2. The lowest BCUT2D eigenvalue weighted by molar-refractivity contribution is 0.0186. The summed E-state index contributed by atoms with van der Waals surface area (Å²) in [6, 6.07) is 10.5. The molecule has 1 aliphatic rings. The highest BCUT2D eigenvalue weighted by Crippen LogP contribution is 2.18. The number of rotatable bonds is 4. The molecule has 0 bridgehead atoms. The summed E-state index contributed by atoms with van der Waals surface area (Å²) in [6.07, 6.45) is -0.269. The van der Waals surface area contributed by atoms with Gasteiger partial charge in [-0.3, -0.25) is 4.99 Å². The number of benzene rings is 1. The van der Waals surface area contributed by atoms with E-state index < -0.39 is 5.60 Å². The quantitative estimate of drug-likeness (QED) is 0.389. The molecule has 0 radical (unpaired) electrons. The number of carbonyl (C=O) groups is 1. The van der Waals surface area contributed by atoms with Crippen molar-refractivity contribution in [2.45, 2.75) is 32.4 Å². The number of halogens is 1.